The number of carboxylic acid groups (broad SMARTS) is 1. The van der Waals surface area contributed by atoms with Gasteiger partial charge >= 0.3 is 12.1 Å². The highest BCUT2D eigenvalue weighted by molar-refractivity contribution is 5.86. The van der Waals surface area contributed by atoms with Gasteiger partial charge in [0.25, 0.3) is 0 Å². The normalized spacial score (nSPS) is 14.9. The van der Waals surface area contributed by atoms with Crippen LogP contribution >= 0.6 is 0 Å². The minimum atomic E-state index is -1.63. The van der Waals surface area contributed by atoms with Gasteiger partial charge in [0.15, 0.2) is 0 Å². The van der Waals surface area contributed by atoms with Crippen LogP contribution in [0.15, 0.2) is 48.5 Å². The van der Waals surface area contributed by atoms with E-state index in [2.05, 4.69) is 10.6 Å². The predicted octanol–water partition coefficient (Wildman–Crippen LogP) is 2.27. The van der Waals surface area contributed by atoms with Gasteiger partial charge in [-0.3, -0.25) is 9.59 Å². The van der Waals surface area contributed by atoms with Crippen LogP contribution in [-0.2, 0) is 19.1 Å². The number of ether oxygens (including phenoxy) is 2. The summed E-state index contributed by atoms with van der Waals surface area (Å²) in [4.78, 5) is 36.0. The Bertz CT molecular complexity index is 992. The van der Waals surface area contributed by atoms with E-state index in [0.29, 0.717) is 0 Å². The standard InChI is InChI=1S/C25H30N2O7/c1-25(32,13-22(28)29)15-26-23(30)21(11-12-33-2)27-24(31)34-14-20-18-9-5-3-7-16(18)17-8-4-6-10-19(17)20/h3-10,20-21,32H,11-15H2,1-2H3,(H,26,30)(H,27,31)(H,28,29). The van der Waals surface area contributed by atoms with Crippen molar-refractivity contribution in [2.24, 2.45) is 0 Å². The highest BCUT2D eigenvalue weighted by Gasteiger charge is 2.30. The molecular formula is C25H30N2O7. The first kappa shape index (κ1) is 25.2. The van der Waals surface area contributed by atoms with Crippen LogP contribution in [-0.4, -0.2) is 66.7 Å². The van der Waals surface area contributed by atoms with Crippen LogP contribution in [0.4, 0.5) is 4.79 Å². The number of rotatable bonds is 11. The molecule has 0 heterocycles. The second-order valence-electron chi connectivity index (χ2n) is 8.59. The number of aliphatic carboxylic acids is 1. The lowest BCUT2D eigenvalue weighted by molar-refractivity contribution is -0.142. The average Bonchev–Trinajstić information content (AvgIpc) is 3.12. The molecule has 0 saturated carbocycles. The zero-order chi connectivity index (χ0) is 24.7. The fraction of sp³-hybridized carbons (Fsp3) is 0.400. The van der Waals surface area contributed by atoms with E-state index in [9.17, 15) is 19.5 Å². The summed E-state index contributed by atoms with van der Waals surface area (Å²) in [6.07, 6.45) is -1.11. The van der Waals surface area contributed by atoms with Crippen molar-refractivity contribution in [1.82, 2.24) is 10.6 Å². The fourth-order valence-electron chi connectivity index (χ4n) is 4.08. The smallest absolute Gasteiger partial charge is 0.407 e. The molecule has 0 fully saturated rings. The lowest BCUT2D eigenvalue weighted by Gasteiger charge is -2.24. The quantitative estimate of drug-likeness (QED) is 0.396. The minimum Gasteiger partial charge on any atom is -0.481 e. The number of alkyl carbamates (subject to hydrolysis) is 1. The molecule has 2 aromatic rings. The zero-order valence-electron chi connectivity index (χ0n) is 19.2. The van der Waals surface area contributed by atoms with E-state index in [0.717, 1.165) is 22.3 Å². The van der Waals surface area contributed by atoms with Gasteiger partial charge in [-0.2, -0.15) is 0 Å². The molecule has 3 rings (SSSR count). The van der Waals surface area contributed by atoms with Crippen LogP contribution in [0, 0.1) is 0 Å². The predicted molar refractivity (Wildman–Crippen MR) is 124 cm³/mol. The molecule has 34 heavy (non-hydrogen) atoms. The number of fused-ring (bicyclic) bond motifs is 3. The molecule has 0 aliphatic heterocycles. The molecule has 2 atom stereocenters. The monoisotopic (exact) mass is 470 g/mol. The Morgan fingerprint density at radius 1 is 1.06 bits per heavy atom. The maximum Gasteiger partial charge on any atom is 0.407 e. The Morgan fingerprint density at radius 2 is 1.65 bits per heavy atom. The summed E-state index contributed by atoms with van der Waals surface area (Å²) in [5.41, 5.74) is 2.74. The molecule has 182 valence electrons. The molecule has 0 aromatic heterocycles. The summed E-state index contributed by atoms with van der Waals surface area (Å²) in [6, 6.07) is 15.0. The lowest BCUT2D eigenvalue weighted by Crippen LogP contribution is -2.51. The maximum atomic E-state index is 12.6. The van der Waals surface area contributed by atoms with Crippen LogP contribution in [0.25, 0.3) is 11.1 Å². The first-order chi connectivity index (χ1) is 16.2. The van der Waals surface area contributed by atoms with Crippen LogP contribution in [0.5, 0.6) is 0 Å². The van der Waals surface area contributed by atoms with Crippen molar-refractivity contribution in [2.45, 2.75) is 37.3 Å². The lowest BCUT2D eigenvalue weighted by atomic mass is 9.98. The number of methoxy groups -OCH3 is 1. The average molecular weight is 471 g/mol. The van der Waals surface area contributed by atoms with E-state index in [4.69, 9.17) is 14.6 Å². The summed E-state index contributed by atoms with van der Waals surface area (Å²) < 4.78 is 10.5. The van der Waals surface area contributed by atoms with Crippen molar-refractivity contribution in [3.05, 3.63) is 59.7 Å². The van der Waals surface area contributed by atoms with Crippen LogP contribution < -0.4 is 10.6 Å². The van der Waals surface area contributed by atoms with E-state index in [1.54, 1.807) is 0 Å². The molecule has 2 aromatic carbocycles. The van der Waals surface area contributed by atoms with Crippen molar-refractivity contribution in [1.29, 1.82) is 0 Å². The van der Waals surface area contributed by atoms with Gasteiger partial charge < -0.3 is 30.3 Å². The second kappa shape index (κ2) is 11.1. The Balaban J connectivity index is 1.61. The molecule has 0 spiro atoms. The third-order valence-corrected chi connectivity index (χ3v) is 5.74. The van der Waals surface area contributed by atoms with E-state index in [-0.39, 0.29) is 32.1 Å². The highest BCUT2D eigenvalue weighted by Crippen LogP contribution is 2.44. The van der Waals surface area contributed by atoms with Gasteiger partial charge in [-0.15, -0.1) is 0 Å². The Morgan fingerprint density at radius 3 is 2.21 bits per heavy atom. The van der Waals surface area contributed by atoms with Crippen LogP contribution in [0.1, 0.15) is 36.8 Å². The summed E-state index contributed by atoms with van der Waals surface area (Å²) >= 11 is 0. The minimum absolute atomic E-state index is 0.103. The highest BCUT2D eigenvalue weighted by atomic mass is 16.5. The number of hydrogen-bond acceptors (Lipinski definition) is 6. The number of benzene rings is 2. The molecule has 2 unspecified atom stereocenters. The summed E-state index contributed by atoms with van der Waals surface area (Å²) in [5, 5.41) is 24.0. The van der Waals surface area contributed by atoms with E-state index in [1.807, 2.05) is 48.5 Å². The molecule has 0 radical (unpaired) electrons. The van der Waals surface area contributed by atoms with Gasteiger partial charge in [-0.25, -0.2) is 4.79 Å². The van der Waals surface area contributed by atoms with Crippen molar-refractivity contribution >= 4 is 18.0 Å². The van der Waals surface area contributed by atoms with Crippen molar-refractivity contribution < 1.29 is 34.1 Å². The molecule has 2 amide bonds. The summed E-state index contributed by atoms with van der Waals surface area (Å²) in [5.74, 6) is -1.88. The number of carbonyl (C=O) groups is 3. The van der Waals surface area contributed by atoms with Crippen molar-refractivity contribution in [3.63, 3.8) is 0 Å². The third kappa shape index (κ3) is 6.33. The topological polar surface area (TPSA) is 134 Å². The molecule has 9 nitrogen and oxygen atoms in total. The zero-order valence-corrected chi connectivity index (χ0v) is 19.2. The molecule has 0 saturated heterocycles. The maximum absolute atomic E-state index is 12.6. The number of aliphatic hydroxyl groups is 1. The van der Waals surface area contributed by atoms with Gasteiger partial charge in [0.05, 0.1) is 12.0 Å². The second-order valence-corrected chi connectivity index (χ2v) is 8.59. The molecule has 9 heteroatoms. The molecule has 0 bridgehead atoms. The Kier molecular flexibility index (Phi) is 8.25. The Hall–Kier alpha value is -3.43. The number of hydrogen-bond donors (Lipinski definition) is 4. The SMILES string of the molecule is COCCC(NC(=O)OCC1c2ccccc2-c2ccccc21)C(=O)NCC(C)(O)CC(=O)O. The Labute approximate surface area is 198 Å². The number of carboxylic acids is 1. The van der Waals surface area contributed by atoms with Crippen molar-refractivity contribution in [2.75, 3.05) is 26.9 Å². The van der Waals surface area contributed by atoms with E-state index in [1.165, 1.54) is 14.0 Å². The number of nitrogens with one attached hydrogen (secondary N) is 2. The van der Waals surface area contributed by atoms with E-state index < -0.39 is 36.0 Å². The van der Waals surface area contributed by atoms with Gasteiger partial charge in [-0.05, 0) is 29.2 Å². The fourth-order valence-corrected chi connectivity index (χ4v) is 4.08. The van der Waals surface area contributed by atoms with Gasteiger partial charge in [-0.1, -0.05) is 48.5 Å². The third-order valence-electron chi connectivity index (χ3n) is 5.74. The van der Waals surface area contributed by atoms with Gasteiger partial charge in [0.2, 0.25) is 5.91 Å². The van der Waals surface area contributed by atoms with Crippen molar-refractivity contribution in [3.8, 4) is 11.1 Å². The molecule has 1 aliphatic rings. The summed E-state index contributed by atoms with van der Waals surface area (Å²) in [7, 11) is 1.47. The number of amides is 2. The first-order valence-corrected chi connectivity index (χ1v) is 11.0. The van der Waals surface area contributed by atoms with Crippen LogP contribution in [0.3, 0.4) is 0 Å². The molecule has 4 N–H and O–H groups in total. The van der Waals surface area contributed by atoms with Crippen LogP contribution in [0.2, 0.25) is 0 Å². The van der Waals surface area contributed by atoms with Gasteiger partial charge in [0.1, 0.15) is 12.6 Å². The van der Waals surface area contributed by atoms with E-state index >= 15 is 0 Å². The largest absolute Gasteiger partial charge is 0.481 e. The summed E-state index contributed by atoms with van der Waals surface area (Å²) in [6.45, 7) is 1.33. The first-order valence-electron chi connectivity index (χ1n) is 11.0. The van der Waals surface area contributed by atoms with Gasteiger partial charge in [0, 0.05) is 32.6 Å². The molecule has 1 aliphatic carbocycles. The number of carbonyl (C=O) groups excluding carboxylic acids is 2. The molecular weight excluding hydrogens is 440 g/mol.